The molecule has 0 amide bonds. The summed E-state index contributed by atoms with van der Waals surface area (Å²) in [7, 11) is -3.55. The van der Waals surface area contributed by atoms with E-state index >= 15 is 0 Å². The number of hydrogen-bond donors (Lipinski definition) is 0. The molecule has 1 aromatic rings. The van der Waals surface area contributed by atoms with Gasteiger partial charge >= 0.3 is 12.1 Å². The number of carbonyl (C=O) groups is 1. The standard InChI is InChI=1S/C14H13F3O5S/c1-3-21-13(18)10-7-8-6-9(23(2,19)20)4-5-11(8)22-12(10)14(15,16)17/h4-7,12H,3H2,1-2H3. The highest BCUT2D eigenvalue weighted by molar-refractivity contribution is 7.90. The van der Waals surface area contributed by atoms with Crippen molar-refractivity contribution >= 4 is 21.9 Å². The predicted molar refractivity (Wildman–Crippen MR) is 74.6 cm³/mol. The molecule has 0 aromatic heterocycles. The lowest BCUT2D eigenvalue weighted by molar-refractivity contribution is -0.187. The number of hydrogen-bond acceptors (Lipinski definition) is 5. The fraction of sp³-hybridized carbons (Fsp3) is 0.357. The molecule has 2 rings (SSSR count). The SMILES string of the molecule is CCOC(=O)C1=Cc2cc(S(C)(=O)=O)ccc2OC1C(F)(F)F. The van der Waals surface area contributed by atoms with E-state index in [9.17, 15) is 26.4 Å². The van der Waals surface area contributed by atoms with Crippen molar-refractivity contribution in [2.24, 2.45) is 0 Å². The Labute approximate surface area is 130 Å². The topological polar surface area (TPSA) is 69.7 Å². The first-order valence-electron chi connectivity index (χ1n) is 6.50. The van der Waals surface area contributed by atoms with Crippen molar-refractivity contribution in [2.75, 3.05) is 12.9 Å². The summed E-state index contributed by atoms with van der Waals surface area (Å²) >= 11 is 0. The normalized spacial score (nSPS) is 17.8. The quantitative estimate of drug-likeness (QED) is 0.783. The fourth-order valence-electron chi connectivity index (χ4n) is 2.03. The number of esters is 1. The van der Waals surface area contributed by atoms with Crippen LogP contribution in [0.1, 0.15) is 12.5 Å². The van der Waals surface area contributed by atoms with Crippen LogP contribution in [0.4, 0.5) is 13.2 Å². The number of fused-ring (bicyclic) bond motifs is 1. The van der Waals surface area contributed by atoms with Crippen LogP contribution in [-0.2, 0) is 19.4 Å². The maximum absolute atomic E-state index is 13.1. The summed E-state index contributed by atoms with van der Waals surface area (Å²) < 4.78 is 71.8. The number of benzene rings is 1. The minimum Gasteiger partial charge on any atom is -0.475 e. The summed E-state index contributed by atoms with van der Waals surface area (Å²) in [4.78, 5) is 11.7. The minimum absolute atomic E-state index is 0.0662. The van der Waals surface area contributed by atoms with Crippen molar-refractivity contribution in [2.45, 2.75) is 24.1 Å². The number of sulfone groups is 1. The first kappa shape index (κ1) is 17.3. The molecule has 0 spiro atoms. The molecule has 0 bridgehead atoms. The maximum Gasteiger partial charge on any atom is 0.430 e. The monoisotopic (exact) mass is 350 g/mol. The molecule has 0 N–H and O–H groups in total. The van der Waals surface area contributed by atoms with Gasteiger partial charge in [-0.2, -0.15) is 13.2 Å². The third-order valence-corrected chi connectivity index (χ3v) is 4.17. The molecule has 5 nitrogen and oxygen atoms in total. The van der Waals surface area contributed by atoms with Gasteiger partial charge in [-0.15, -0.1) is 0 Å². The van der Waals surface area contributed by atoms with Crippen molar-refractivity contribution in [1.29, 1.82) is 0 Å². The Morgan fingerprint density at radius 1 is 1.35 bits per heavy atom. The van der Waals surface area contributed by atoms with Gasteiger partial charge in [-0.05, 0) is 31.2 Å². The van der Waals surface area contributed by atoms with E-state index < -0.39 is 33.7 Å². The van der Waals surface area contributed by atoms with Gasteiger partial charge in [0.15, 0.2) is 9.84 Å². The van der Waals surface area contributed by atoms with Gasteiger partial charge in [0.05, 0.1) is 17.1 Å². The highest BCUT2D eigenvalue weighted by Gasteiger charge is 2.48. The Morgan fingerprint density at radius 3 is 2.52 bits per heavy atom. The highest BCUT2D eigenvalue weighted by Crippen LogP contribution is 2.38. The molecule has 0 radical (unpaired) electrons. The third kappa shape index (κ3) is 3.66. The van der Waals surface area contributed by atoms with Crippen LogP contribution in [0.2, 0.25) is 0 Å². The molecule has 0 saturated heterocycles. The lowest BCUT2D eigenvalue weighted by atomic mass is 10.0. The van der Waals surface area contributed by atoms with Crippen LogP contribution < -0.4 is 4.74 Å². The molecule has 1 unspecified atom stereocenters. The van der Waals surface area contributed by atoms with E-state index in [1.165, 1.54) is 6.92 Å². The molecule has 1 heterocycles. The van der Waals surface area contributed by atoms with E-state index in [2.05, 4.69) is 4.74 Å². The van der Waals surface area contributed by atoms with Crippen molar-refractivity contribution in [3.8, 4) is 5.75 Å². The van der Waals surface area contributed by atoms with Crippen LogP contribution in [0.3, 0.4) is 0 Å². The van der Waals surface area contributed by atoms with Crippen molar-refractivity contribution in [3.05, 3.63) is 29.3 Å². The summed E-state index contributed by atoms with van der Waals surface area (Å²) in [5.74, 6) is -1.32. The smallest absolute Gasteiger partial charge is 0.430 e. The van der Waals surface area contributed by atoms with Gasteiger partial charge in [0, 0.05) is 11.8 Å². The molecule has 1 atom stereocenters. The Hall–Kier alpha value is -2.03. The van der Waals surface area contributed by atoms with E-state index in [4.69, 9.17) is 4.74 Å². The fourth-order valence-corrected chi connectivity index (χ4v) is 2.69. The largest absolute Gasteiger partial charge is 0.475 e. The first-order valence-corrected chi connectivity index (χ1v) is 8.39. The van der Waals surface area contributed by atoms with Crippen LogP contribution in [0, 0.1) is 0 Å². The Kier molecular flexibility index (Phi) is 4.43. The number of carbonyl (C=O) groups excluding carboxylic acids is 1. The van der Waals surface area contributed by atoms with Gasteiger partial charge in [0.2, 0.25) is 6.10 Å². The molecular weight excluding hydrogens is 337 g/mol. The predicted octanol–water partition coefficient (Wildman–Crippen LogP) is 2.36. The number of ether oxygens (including phenoxy) is 2. The van der Waals surface area contributed by atoms with Gasteiger partial charge in [-0.3, -0.25) is 0 Å². The first-order chi connectivity index (χ1) is 10.5. The number of rotatable bonds is 3. The van der Waals surface area contributed by atoms with Crippen LogP contribution in [0.15, 0.2) is 28.7 Å². The van der Waals surface area contributed by atoms with Crippen molar-refractivity contribution in [1.82, 2.24) is 0 Å². The molecule has 0 saturated carbocycles. The Balaban J connectivity index is 2.56. The molecule has 1 aromatic carbocycles. The lowest BCUT2D eigenvalue weighted by Crippen LogP contribution is -2.40. The summed E-state index contributed by atoms with van der Waals surface area (Å²) in [6.07, 6.45) is -5.36. The van der Waals surface area contributed by atoms with E-state index in [-0.39, 0.29) is 22.8 Å². The number of halogens is 3. The van der Waals surface area contributed by atoms with Gasteiger partial charge in [0.1, 0.15) is 5.75 Å². The lowest BCUT2D eigenvalue weighted by Gasteiger charge is -2.27. The highest BCUT2D eigenvalue weighted by atomic mass is 32.2. The zero-order chi connectivity index (χ0) is 17.4. The van der Waals surface area contributed by atoms with Crippen molar-refractivity contribution < 1.29 is 35.9 Å². The molecule has 23 heavy (non-hydrogen) atoms. The van der Waals surface area contributed by atoms with Crippen LogP contribution in [0.25, 0.3) is 6.08 Å². The molecule has 9 heteroatoms. The van der Waals surface area contributed by atoms with Gasteiger partial charge in [0.25, 0.3) is 0 Å². The molecule has 126 valence electrons. The molecular formula is C14H13F3O5S. The van der Waals surface area contributed by atoms with Gasteiger partial charge in [-0.1, -0.05) is 0 Å². The molecule has 0 aliphatic carbocycles. The van der Waals surface area contributed by atoms with E-state index in [1.54, 1.807) is 0 Å². The second-order valence-electron chi connectivity index (χ2n) is 4.83. The number of alkyl halides is 3. The van der Waals surface area contributed by atoms with Gasteiger partial charge < -0.3 is 9.47 Å². The van der Waals surface area contributed by atoms with E-state index in [1.807, 2.05) is 0 Å². The van der Waals surface area contributed by atoms with E-state index in [0.717, 1.165) is 30.5 Å². The van der Waals surface area contributed by atoms with Crippen molar-refractivity contribution in [3.63, 3.8) is 0 Å². The van der Waals surface area contributed by atoms with Gasteiger partial charge in [-0.25, -0.2) is 13.2 Å². The van der Waals surface area contributed by atoms with E-state index in [0.29, 0.717) is 0 Å². The Bertz CT molecular complexity index is 765. The second kappa shape index (κ2) is 5.88. The molecule has 1 aliphatic rings. The van der Waals surface area contributed by atoms with Crippen LogP contribution in [0.5, 0.6) is 5.75 Å². The average molecular weight is 350 g/mol. The summed E-state index contributed by atoms with van der Waals surface area (Å²) in [5, 5.41) is 0. The summed E-state index contributed by atoms with van der Waals surface area (Å²) in [6.45, 7) is 1.36. The Morgan fingerprint density at radius 2 is 2.00 bits per heavy atom. The third-order valence-electron chi connectivity index (χ3n) is 3.06. The van der Waals surface area contributed by atoms with Crippen LogP contribution >= 0.6 is 0 Å². The molecule has 0 fully saturated rings. The minimum atomic E-state index is -4.81. The maximum atomic E-state index is 13.1. The zero-order valence-corrected chi connectivity index (χ0v) is 13.0. The zero-order valence-electron chi connectivity index (χ0n) is 12.2. The summed E-state index contributed by atoms with van der Waals surface area (Å²) in [5.41, 5.74) is -0.658. The second-order valence-corrected chi connectivity index (χ2v) is 6.85. The van der Waals surface area contributed by atoms with Crippen LogP contribution in [-0.4, -0.2) is 39.5 Å². The molecule has 1 aliphatic heterocycles. The average Bonchev–Trinajstić information content (AvgIpc) is 2.43. The summed E-state index contributed by atoms with van der Waals surface area (Å²) in [6, 6.07) is 3.42.